The highest BCUT2D eigenvalue weighted by atomic mass is 79.9. The first-order valence-electron chi connectivity index (χ1n) is 7.23. The van der Waals surface area contributed by atoms with Crippen LogP contribution in [0.15, 0.2) is 46.3 Å². The number of rotatable bonds is 6. The van der Waals surface area contributed by atoms with E-state index in [1.54, 1.807) is 12.1 Å². The Balaban J connectivity index is 1.81. The maximum atomic E-state index is 11.9. The summed E-state index contributed by atoms with van der Waals surface area (Å²) in [6.45, 7) is 4.62. The predicted octanol–water partition coefficient (Wildman–Crippen LogP) is 3.33. The smallest absolute Gasteiger partial charge is 0.261 e. The van der Waals surface area contributed by atoms with Gasteiger partial charge in [0, 0.05) is 16.4 Å². The molecule has 0 saturated carbocycles. The lowest BCUT2D eigenvalue weighted by Gasteiger charge is -2.25. The van der Waals surface area contributed by atoms with Crippen molar-refractivity contribution >= 4 is 39.1 Å². The summed E-state index contributed by atoms with van der Waals surface area (Å²) in [5, 5.41) is 7.33. The molecule has 0 spiro atoms. The number of amides is 2. The summed E-state index contributed by atoms with van der Waals surface area (Å²) in [7, 11) is 0. The van der Waals surface area contributed by atoms with E-state index in [0.717, 1.165) is 10.0 Å². The Bertz CT molecular complexity index is 666. The summed E-state index contributed by atoms with van der Waals surface area (Å²) in [6, 6.07) is 11.6. The standard InChI is InChI=1S/C17H19BrN2O2S/c1-17(2,12-5-7-13(18)8-6-12)11-20-15(21)10-19-16(22)14-4-3-9-23-14/h3-9H,10-11H2,1-2H3,(H,19,22)(H,20,21). The molecule has 0 saturated heterocycles. The summed E-state index contributed by atoms with van der Waals surface area (Å²) >= 11 is 4.77. The van der Waals surface area contributed by atoms with Crippen LogP contribution in [0.25, 0.3) is 0 Å². The third-order valence-corrected chi connectivity index (χ3v) is 4.90. The van der Waals surface area contributed by atoms with Crippen molar-refractivity contribution in [3.63, 3.8) is 0 Å². The summed E-state index contributed by atoms with van der Waals surface area (Å²) in [4.78, 5) is 24.3. The average Bonchev–Trinajstić information content (AvgIpc) is 3.05. The van der Waals surface area contributed by atoms with Crippen molar-refractivity contribution in [3.8, 4) is 0 Å². The molecule has 0 radical (unpaired) electrons. The lowest BCUT2D eigenvalue weighted by atomic mass is 9.84. The van der Waals surface area contributed by atoms with E-state index in [2.05, 4.69) is 40.4 Å². The topological polar surface area (TPSA) is 58.2 Å². The number of halogens is 1. The Morgan fingerprint density at radius 1 is 1.13 bits per heavy atom. The van der Waals surface area contributed by atoms with Crippen LogP contribution in [0, 0.1) is 0 Å². The molecule has 4 nitrogen and oxygen atoms in total. The maximum absolute atomic E-state index is 11.9. The molecule has 2 rings (SSSR count). The SMILES string of the molecule is CC(C)(CNC(=O)CNC(=O)c1cccs1)c1ccc(Br)cc1. The van der Waals surface area contributed by atoms with Gasteiger partial charge < -0.3 is 10.6 Å². The molecule has 1 aromatic heterocycles. The van der Waals surface area contributed by atoms with Gasteiger partial charge in [-0.25, -0.2) is 0 Å². The Labute approximate surface area is 148 Å². The van der Waals surface area contributed by atoms with Gasteiger partial charge in [-0.05, 0) is 29.1 Å². The van der Waals surface area contributed by atoms with Gasteiger partial charge in [0.1, 0.15) is 0 Å². The second-order valence-corrected chi connectivity index (χ2v) is 7.69. The van der Waals surface area contributed by atoms with Crippen molar-refractivity contribution in [2.45, 2.75) is 19.3 Å². The average molecular weight is 395 g/mol. The van der Waals surface area contributed by atoms with Gasteiger partial charge in [0.2, 0.25) is 5.91 Å². The Kier molecular flexibility index (Phi) is 5.96. The van der Waals surface area contributed by atoms with Crippen LogP contribution in [-0.4, -0.2) is 24.9 Å². The van der Waals surface area contributed by atoms with Crippen LogP contribution in [-0.2, 0) is 10.2 Å². The normalized spacial score (nSPS) is 11.1. The summed E-state index contributed by atoms with van der Waals surface area (Å²) in [5.41, 5.74) is 0.956. The van der Waals surface area contributed by atoms with E-state index in [-0.39, 0.29) is 23.8 Å². The lowest BCUT2D eigenvalue weighted by molar-refractivity contribution is -0.120. The Morgan fingerprint density at radius 2 is 1.83 bits per heavy atom. The number of hydrogen-bond acceptors (Lipinski definition) is 3. The maximum Gasteiger partial charge on any atom is 0.261 e. The quantitative estimate of drug-likeness (QED) is 0.788. The van der Waals surface area contributed by atoms with Crippen molar-refractivity contribution in [1.82, 2.24) is 10.6 Å². The highest BCUT2D eigenvalue weighted by Gasteiger charge is 2.21. The molecule has 1 aromatic carbocycles. The van der Waals surface area contributed by atoms with Gasteiger partial charge in [0.05, 0.1) is 11.4 Å². The molecule has 2 aromatic rings. The Morgan fingerprint density at radius 3 is 2.43 bits per heavy atom. The van der Waals surface area contributed by atoms with Crippen molar-refractivity contribution in [2.75, 3.05) is 13.1 Å². The molecule has 0 aliphatic heterocycles. The molecule has 0 bridgehead atoms. The number of benzene rings is 1. The first-order valence-corrected chi connectivity index (χ1v) is 8.90. The minimum Gasteiger partial charge on any atom is -0.354 e. The van der Waals surface area contributed by atoms with E-state index >= 15 is 0 Å². The van der Waals surface area contributed by atoms with Gasteiger partial charge in [-0.2, -0.15) is 0 Å². The lowest BCUT2D eigenvalue weighted by Crippen LogP contribution is -2.42. The molecule has 2 amide bonds. The molecular formula is C17H19BrN2O2S. The molecule has 1 heterocycles. The highest BCUT2D eigenvalue weighted by Crippen LogP contribution is 2.23. The first-order chi connectivity index (χ1) is 10.9. The van der Waals surface area contributed by atoms with Crippen LogP contribution in [0.5, 0.6) is 0 Å². The number of carbonyl (C=O) groups excluding carboxylic acids is 2. The van der Waals surface area contributed by atoms with E-state index in [9.17, 15) is 9.59 Å². The van der Waals surface area contributed by atoms with Crippen molar-refractivity contribution in [2.24, 2.45) is 0 Å². The monoisotopic (exact) mass is 394 g/mol. The summed E-state index contributed by atoms with van der Waals surface area (Å²) < 4.78 is 1.03. The van der Waals surface area contributed by atoms with Gasteiger partial charge in [-0.3, -0.25) is 9.59 Å². The van der Waals surface area contributed by atoms with Crippen molar-refractivity contribution in [3.05, 3.63) is 56.7 Å². The minimum absolute atomic E-state index is 0.0207. The number of carbonyl (C=O) groups is 2. The predicted molar refractivity (Wildman–Crippen MR) is 96.8 cm³/mol. The van der Waals surface area contributed by atoms with Crippen LogP contribution in [0.3, 0.4) is 0 Å². The molecule has 122 valence electrons. The third kappa shape index (κ3) is 5.18. The van der Waals surface area contributed by atoms with E-state index in [1.807, 2.05) is 29.6 Å². The molecular weight excluding hydrogens is 376 g/mol. The van der Waals surface area contributed by atoms with E-state index < -0.39 is 0 Å². The van der Waals surface area contributed by atoms with Gasteiger partial charge >= 0.3 is 0 Å². The van der Waals surface area contributed by atoms with Crippen LogP contribution >= 0.6 is 27.3 Å². The fourth-order valence-corrected chi connectivity index (χ4v) is 2.95. The molecule has 0 atom stereocenters. The molecule has 0 aliphatic rings. The fourth-order valence-electron chi connectivity index (χ4n) is 2.04. The highest BCUT2D eigenvalue weighted by molar-refractivity contribution is 9.10. The molecule has 23 heavy (non-hydrogen) atoms. The minimum atomic E-state index is -0.220. The van der Waals surface area contributed by atoms with Crippen LogP contribution in [0.1, 0.15) is 29.1 Å². The zero-order valence-electron chi connectivity index (χ0n) is 13.1. The Hall–Kier alpha value is -1.66. The molecule has 0 fully saturated rings. The van der Waals surface area contributed by atoms with Crippen LogP contribution < -0.4 is 10.6 Å². The van der Waals surface area contributed by atoms with Crippen LogP contribution in [0.4, 0.5) is 0 Å². The first kappa shape index (κ1) is 17.7. The zero-order chi connectivity index (χ0) is 16.9. The fraction of sp³-hybridized carbons (Fsp3) is 0.294. The molecule has 2 N–H and O–H groups in total. The number of hydrogen-bond donors (Lipinski definition) is 2. The van der Waals surface area contributed by atoms with Crippen LogP contribution in [0.2, 0.25) is 0 Å². The van der Waals surface area contributed by atoms with Gasteiger partial charge in [-0.15, -0.1) is 11.3 Å². The summed E-state index contributed by atoms with van der Waals surface area (Å²) in [6.07, 6.45) is 0. The van der Waals surface area contributed by atoms with Gasteiger partial charge in [0.25, 0.3) is 5.91 Å². The second kappa shape index (κ2) is 7.75. The zero-order valence-corrected chi connectivity index (χ0v) is 15.5. The third-order valence-electron chi connectivity index (χ3n) is 3.51. The van der Waals surface area contributed by atoms with Gasteiger partial charge in [0.15, 0.2) is 0 Å². The molecule has 0 unspecified atom stereocenters. The van der Waals surface area contributed by atoms with Crippen molar-refractivity contribution < 1.29 is 9.59 Å². The number of thiophene rings is 1. The second-order valence-electron chi connectivity index (χ2n) is 5.83. The van der Waals surface area contributed by atoms with E-state index in [0.29, 0.717) is 11.4 Å². The number of nitrogens with one attached hydrogen (secondary N) is 2. The largest absolute Gasteiger partial charge is 0.354 e. The molecule has 6 heteroatoms. The van der Waals surface area contributed by atoms with E-state index in [4.69, 9.17) is 0 Å². The van der Waals surface area contributed by atoms with Crippen molar-refractivity contribution in [1.29, 1.82) is 0 Å². The molecule has 0 aliphatic carbocycles. The van der Waals surface area contributed by atoms with E-state index in [1.165, 1.54) is 11.3 Å². The summed E-state index contributed by atoms with van der Waals surface area (Å²) in [5.74, 6) is -0.414. The van der Waals surface area contributed by atoms with Gasteiger partial charge in [-0.1, -0.05) is 48.0 Å².